The first kappa shape index (κ1) is 24.3. The summed E-state index contributed by atoms with van der Waals surface area (Å²) >= 11 is 0. The molecule has 10 nitrogen and oxygen atoms in total. The van der Waals surface area contributed by atoms with Crippen LogP contribution in [-0.2, 0) is 6.54 Å². The van der Waals surface area contributed by atoms with Gasteiger partial charge in [-0.15, -0.1) is 0 Å². The summed E-state index contributed by atoms with van der Waals surface area (Å²) in [5.41, 5.74) is 4.23. The Hall–Kier alpha value is -3.79. The Morgan fingerprint density at radius 1 is 1.06 bits per heavy atom. The van der Waals surface area contributed by atoms with Crippen LogP contribution in [0.5, 0.6) is 0 Å². The Balaban J connectivity index is 1.53. The maximum absolute atomic E-state index is 12.8. The van der Waals surface area contributed by atoms with Crippen LogP contribution < -0.4 is 5.32 Å². The van der Waals surface area contributed by atoms with Gasteiger partial charge in [-0.3, -0.25) is 14.8 Å². The van der Waals surface area contributed by atoms with Crippen molar-refractivity contribution in [3.63, 3.8) is 0 Å². The van der Waals surface area contributed by atoms with Crippen LogP contribution in [0.3, 0.4) is 0 Å². The molecule has 4 rings (SSSR count). The van der Waals surface area contributed by atoms with Crippen LogP contribution in [-0.4, -0.2) is 93.2 Å². The van der Waals surface area contributed by atoms with Gasteiger partial charge in [0.2, 0.25) is 0 Å². The quantitative estimate of drug-likeness (QED) is 0.586. The van der Waals surface area contributed by atoms with Gasteiger partial charge >= 0.3 is 6.03 Å². The molecular formula is C25H32N8O2. The molecule has 0 aliphatic carbocycles. The van der Waals surface area contributed by atoms with Crippen molar-refractivity contribution < 1.29 is 9.59 Å². The molecule has 1 N–H and O–H groups in total. The Kier molecular flexibility index (Phi) is 7.40. The number of hydrogen-bond donors (Lipinski definition) is 1. The second-order valence-electron chi connectivity index (χ2n) is 8.80. The zero-order valence-corrected chi connectivity index (χ0v) is 20.7. The average Bonchev–Trinajstić information content (AvgIpc) is 3.33. The minimum absolute atomic E-state index is 0.0599. The van der Waals surface area contributed by atoms with E-state index in [1.807, 2.05) is 43.0 Å². The summed E-state index contributed by atoms with van der Waals surface area (Å²) < 4.78 is 1.69. The van der Waals surface area contributed by atoms with Gasteiger partial charge in [0.15, 0.2) is 5.69 Å². The highest BCUT2D eigenvalue weighted by Gasteiger charge is 2.21. The molecule has 3 aromatic heterocycles. The third kappa shape index (κ3) is 5.65. The number of amides is 3. The molecule has 0 aromatic carbocycles. The minimum Gasteiger partial charge on any atom is -0.341 e. The highest BCUT2D eigenvalue weighted by molar-refractivity contribution is 5.93. The summed E-state index contributed by atoms with van der Waals surface area (Å²) in [5, 5.41) is 7.55. The van der Waals surface area contributed by atoms with Crippen LogP contribution in [0.2, 0.25) is 0 Å². The van der Waals surface area contributed by atoms with Crippen LogP contribution in [0, 0.1) is 6.92 Å². The van der Waals surface area contributed by atoms with Crippen molar-refractivity contribution in [2.75, 3.05) is 46.8 Å². The van der Waals surface area contributed by atoms with E-state index in [9.17, 15) is 9.59 Å². The normalized spacial score (nSPS) is 14.1. The van der Waals surface area contributed by atoms with E-state index in [0.29, 0.717) is 30.2 Å². The molecule has 1 aliphatic heterocycles. The van der Waals surface area contributed by atoms with Gasteiger partial charge in [0, 0.05) is 58.2 Å². The van der Waals surface area contributed by atoms with Gasteiger partial charge in [-0.2, -0.15) is 5.10 Å². The van der Waals surface area contributed by atoms with E-state index in [2.05, 4.69) is 32.3 Å². The molecule has 0 bridgehead atoms. The predicted molar refractivity (Wildman–Crippen MR) is 133 cm³/mol. The maximum Gasteiger partial charge on any atom is 0.317 e. The van der Waals surface area contributed by atoms with Gasteiger partial charge in [0.05, 0.1) is 23.3 Å². The second kappa shape index (κ2) is 10.6. The predicted octanol–water partition coefficient (Wildman–Crippen LogP) is 2.19. The first-order valence-electron chi connectivity index (χ1n) is 11.8. The van der Waals surface area contributed by atoms with Crippen molar-refractivity contribution in [1.29, 1.82) is 0 Å². The highest BCUT2D eigenvalue weighted by atomic mass is 16.2. The molecule has 0 radical (unpaired) electrons. The zero-order valence-electron chi connectivity index (χ0n) is 20.7. The molecule has 35 heavy (non-hydrogen) atoms. The average molecular weight is 477 g/mol. The van der Waals surface area contributed by atoms with Gasteiger partial charge in [-0.05, 0) is 50.7 Å². The number of piperazine rings is 1. The monoisotopic (exact) mass is 476 g/mol. The molecule has 1 saturated heterocycles. The number of carbonyl (C=O) groups is 2. The lowest BCUT2D eigenvalue weighted by Crippen LogP contribution is -2.50. The summed E-state index contributed by atoms with van der Waals surface area (Å²) in [7, 11) is 3.81. The van der Waals surface area contributed by atoms with Crippen molar-refractivity contribution >= 4 is 11.9 Å². The number of nitrogens with zero attached hydrogens (tertiary/aromatic N) is 7. The number of urea groups is 1. The lowest BCUT2D eigenvalue weighted by atomic mass is 10.2. The lowest BCUT2D eigenvalue weighted by Gasteiger charge is -2.32. The van der Waals surface area contributed by atoms with Crippen LogP contribution in [0.1, 0.15) is 28.7 Å². The van der Waals surface area contributed by atoms with E-state index in [0.717, 1.165) is 43.1 Å². The first-order chi connectivity index (χ1) is 16.9. The molecule has 3 aromatic rings. The molecule has 0 saturated carbocycles. The molecule has 4 heterocycles. The van der Waals surface area contributed by atoms with Gasteiger partial charge in [0.25, 0.3) is 5.91 Å². The summed E-state index contributed by atoms with van der Waals surface area (Å²) in [6, 6.07) is 9.32. The fraction of sp³-hybridized carbons (Fsp3) is 0.400. The minimum atomic E-state index is -0.157. The fourth-order valence-electron chi connectivity index (χ4n) is 3.77. The Bertz CT molecular complexity index is 1170. The number of likely N-dealkylation sites (N-methyl/N-ethyl adjacent to an activating group) is 1. The van der Waals surface area contributed by atoms with Gasteiger partial charge < -0.3 is 20.0 Å². The fourth-order valence-corrected chi connectivity index (χ4v) is 3.77. The summed E-state index contributed by atoms with van der Waals surface area (Å²) in [4.78, 5) is 39.9. The zero-order chi connectivity index (χ0) is 24.9. The third-order valence-corrected chi connectivity index (χ3v) is 6.21. The summed E-state index contributed by atoms with van der Waals surface area (Å²) in [6.07, 6.45) is 3.47. The lowest BCUT2D eigenvalue weighted by molar-refractivity contribution is 0.0796. The smallest absolute Gasteiger partial charge is 0.317 e. The SMILES string of the molecule is CCN(C)C(=O)c1cc(-c2ccc(CNC(=O)N3CCN(C)CC3)cn2)n(-c2ccc(C)nc2)n1. The van der Waals surface area contributed by atoms with Crippen LogP contribution in [0.25, 0.3) is 17.1 Å². The molecule has 0 unspecified atom stereocenters. The summed E-state index contributed by atoms with van der Waals surface area (Å²) in [5.74, 6) is -0.157. The van der Waals surface area contributed by atoms with E-state index in [1.165, 1.54) is 0 Å². The van der Waals surface area contributed by atoms with Gasteiger partial charge in [-0.25, -0.2) is 9.48 Å². The largest absolute Gasteiger partial charge is 0.341 e. The number of aromatic nitrogens is 4. The van der Waals surface area contributed by atoms with Crippen LogP contribution in [0.4, 0.5) is 4.79 Å². The molecule has 0 atom stereocenters. The standard InChI is InChI=1S/C25H32N8O2/c1-5-31(4)24(34)22-14-23(33(29-22)20-8-6-18(2)26-17-20)21-9-7-19(15-27-21)16-28-25(35)32-12-10-30(3)11-13-32/h6-9,14-15,17H,5,10-13,16H2,1-4H3,(H,28,35). The maximum atomic E-state index is 12.8. The molecule has 3 amide bonds. The molecule has 1 fully saturated rings. The Labute approximate surface area is 205 Å². The Morgan fingerprint density at radius 2 is 1.83 bits per heavy atom. The number of aryl methyl sites for hydroxylation is 1. The van der Waals surface area contributed by atoms with E-state index in [-0.39, 0.29) is 11.9 Å². The van der Waals surface area contributed by atoms with Crippen molar-refractivity contribution in [2.45, 2.75) is 20.4 Å². The topological polar surface area (TPSA) is 99.5 Å². The Morgan fingerprint density at radius 3 is 2.46 bits per heavy atom. The number of rotatable bonds is 6. The number of carbonyl (C=O) groups excluding carboxylic acids is 2. The van der Waals surface area contributed by atoms with Crippen molar-refractivity contribution in [3.8, 4) is 17.1 Å². The van der Waals surface area contributed by atoms with Crippen molar-refractivity contribution in [2.24, 2.45) is 0 Å². The van der Waals surface area contributed by atoms with Crippen LogP contribution in [0.15, 0.2) is 42.7 Å². The highest BCUT2D eigenvalue weighted by Crippen LogP contribution is 2.23. The van der Waals surface area contributed by atoms with Crippen molar-refractivity contribution in [1.82, 2.24) is 39.8 Å². The summed E-state index contributed by atoms with van der Waals surface area (Å²) in [6.45, 7) is 8.03. The van der Waals surface area contributed by atoms with E-state index >= 15 is 0 Å². The molecular weight excluding hydrogens is 444 g/mol. The van der Waals surface area contributed by atoms with E-state index in [4.69, 9.17) is 0 Å². The molecule has 1 aliphatic rings. The first-order valence-corrected chi connectivity index (χ1v) is 11.8. The number of pyridine rings is 2. The number of nitrogens with one attached hydrogen (secondary N) is 1. The second-order valence-corrected chi connectivity index (χ2v) is 8.80. The van der Waals surface area contributed by atoms with Gasteiger partial charge in [-0.1, -0.05) is 6.07 Å². The van der Waals surface area contributed by atoms with Crippen molar-refractivity contribution in [3.05, 3.63) is 59.7 Å². The number of hydrogen-bond acceptors (Lipinski definition) is 6. The molecule has 10 heteroatoms. The van der Waals surface area contributed by atoms with Crippen LogP contribution >= 0.6 is 0 Å². The third-order valence-electron chi connectivity index (χ3n) is 6.21. The molecule has 184 valence electrons. The van der Waals surface area contributed by atoms with E-state index < -0.39 is 0 Å². The van der Waals surface area contributed by atoms with E-state index in [1.54, 1.807) is 35.1 Å². The van der Waals surface area contributed by atoms with Gasteiger partial charge in [0.1, 0.15) is 0 Å². The molecule has 0 spiro atoms.